The minimum absolute atomic E-state index is 0.0831. The van der Waals surface area contributed by atoms with E-state index in [-0.39, 0.29) is 11.6 Å². The number of benzene rings is 2. The third-order valence-electron chi connectivity index (χ3n) is 2.89. The van der Waals surface area contributed by atoms with Crippen LogP contribution in [0, 0.1) is 5.82 Å². The fourth-order valence-corrected chi connectivity index (χ4v) is 1.81. The monoisotopic (exact) mass is 257 g/mol. The van der Waals surface area contributed by atoms with Gasteiger partial charge in [0, 0.05) is 5.56 Å². The standard InChI is InChI=1S/C16H16FNO/c17-15-8-6-13(7-9-15)10-11-18-12-16(19)14-4-2-1-3-5-14/h1-9,18H,10-12H2. The first kappa shape index (κ1) is 13.4. The van der Waals surface area contributed by atoms with Crippen molar-refractivity contribution >= 4 is 5.78 Å². The lowest BCUT2D eigenvalue weighted by molar-refractivity contribution is 0.0991. The summed E-state index contributed by atoms with van der Waals surface area (Å²) in [4.78, 5) is 11.8. The zero-order valence-corrected chi connectivity index (χ0v) is 10.6. The van der Waals surface area contributed by atoms with E-state index in [2.05, 4.69) is 5.32 Å². The van der Waals surface area contributed by atoms with Crippen molar-refractivity contribution in [1.29, 1.82) is 0 Å². The largest absolute Gasteiger partial charge is 0.309 e. The molecule has 98 valence electrons. The number of nitrogens with one attached hydrogen (secondary N) is 1. The molecule has 0 amide bonds. The molecule has 3 heteroatoms. The summed E-state index contributed by atoms with van der Waals surface area (Å²) in [5.41, 5.74) is 1.78. The average Bonchev–Trinajstić information content (AvgIpc) is 2.46. The van der Waals surface area contributed by atoms with Gasteiger partial charge in [0.2, 0.25) is 0 Å². The Kier molecular flexibility index (Phi) is 4.81. The van der Waals surface area contributed by atoms with Gasteiger partial charge >= 0.3 is 0 Å². The van der Waals surface area contributed by atoms with E-state index in [0.29, 0.717) is 13.1 Å². The molecule has 0 atom stereocenters. The van der Waals surface area contributed by atoms with Crippen LogP contribution in [0.2, 0.25) is 0 Å². The lowest BCUT2D eigenvalue weighted by Crippen LogP contribution is -2.25. The van der Waals surface area contributed by atoms with Gasteiger partial charge in [-0.05, 0) is 30.7 Å². The second kappa shape index (κ2) is 6.81. The predicted molar refractivity (Wildman–Crippen MR) is 73.7 cm³/mol. The quantitative estimate of drug-likeness (QED) is 0.637. The fraction of sp³-hybridized carbons (Fsp3) is 0.188. The molecule has 0 saturated carbocycles. The number of carbonyl (C=O) groups excluding carboxylic acids is 1. The van der Waals surface area contributed by atoms with E-state index in [4.69, 9.17) is 0 Å². The molecule has 0 aliphatic carbocycles. The Morgan fingerprint density at radius 1 is 1.00 bits per heavy atom. The van der Waals surface area contributed by atoms with Crippen molar-refractivity contribution in [2.24, 2.45) is 0 Å². The molecule has 0 bridgehead atoms. The Bertz CT molecular complexity index is 522. The molecule has 0 unspecified atom stereocenters. The van der Waals surface area contributed by atoms with Gasteiger partial charge in [0.05, 0.1) is 6.54 Å². The fourth-order valence-electron chi connectivity index (χ4n) is 1.81. The van der Waals surface area contributed by atoms with Crippen LogP contribution in [-0.4, -0.2) is 18.9 Å². The zero-order chi connectivity index (χ0) is 13.5. The van der Waals surface area contributed by atoms with Crippen LogP contribution in [0.3, 0.4) is 0 Å². The smallest absolute Gasteiger partial charge is 0.176 e. The molecule has 2 nitrogen and oxygen atoms in total. The number of ketones is 1. The molecule has 19 heavy (non-hydrogen) atoms. The summed E-state index contributed by atoms with van der Waals surface area (Å²) >= 11 is 0. The third kappa shape index (κ3) is 4.30. The highest BCUT2D eigenvalue weighted by molar-refractivity contribution is 5.97. The number of carbonyl (C=O) groups is 1. The molecule has 2 rings (SSSR count). The predicted octanol–water partition coefficient (Wildman–Crippen LogP) is 2.84. The van der Waals surface area contributed by atoms with Crippen LogP contribution in [0.15, 0.2) is 54.6 Å². The maximum absolute atomic E-state index is 12.7. The normalized spacial score (nSPS) is 10.4. The van der Waals surface area contributed by atoms with Gasteiger partial charge in [0.15, 0.2) is 5.78 Å². The van der Waals surface area contributed by atoms with Crippen molar-refractivity contribution in [3.63, 3.8) is 0 Å². The lowest BCUT2D eigenvalue weighted by Gasteiger charge is -2.04. The maximum atomic E-state index is 12.7. The summed E-state index contributed by atoms with van der Waals surface area (Å²) < 4.78 is 12.7. The highest BCUT2D eigenvalue weighted by Gasteiger charge is 2.03. The van der Waals surface area contributed by atoms with Gasteiger partial charge in [-0.1, -0.05) is 42.5 Å². The number of halogens is 1. The lowest BCUT2D eigenvalue weighted by atomic mass is 10.1. The van der Waals surface area contributed by atoms with Crippen LogP contribution in [0.5, 0.6) is 0 Å². The van der Waals surface area contributed by atoms with Crippen molar-refractivity contribution < 1.29 is 9.18 Å². The summed E-state index contributed by atoms with van der Waals surface area (Å²) in [6.07, 6.45) is 0.780. The van der Waals surface area contributed by atoms with Gasteiger partial charge in [-0.2, -0.15) is 0 Å². The van der Waals surface area contributed by atoms with E-state index in [0.717, 1.165) is 17.5 Å². The van der Waals surface area contributed by atoms with Gasteiger partial charge in [-0.25, -0.2) is 4.39 Å². The zero-order valence-electron chi connectivity index (χ0n) is 10.6. The Morgan fingerprint density at radius 3 is 2.37 bits per heavy atom. The molecule has 0 radical (unpaired) electrons. The van der Waals surface area contributed by atoms with Crippen molar-refractivity contribution in [2.45, 2.75) is 6.42 Å². The van der Waals surface area contributed by atoms with Crippen LogP contribution in [0.25, 0.3) is 0 Å². The molecular formula is C16H16FNO. The van der Waals surface area contributed by atoms with Crippen LogP contribution in [0.1, 0.15) is 15.9 Å². The van der Waals surface area contributed by atoms with E-state index < -0.39 is 0 Å². The number of hydrogen-bond donors (Lipinski definition) is 1. The minimum Gasteiger partial charge on any atom is -0.309 e. The van der Waals surface area contributed by atoms with Crippen LogP contribution >= 0.6 is 0 Å². The third-order valence-corrected chi connectivity index (χ3v) is 2.89. The number of rotatable bonds is 6. The molecule has 0 saturated heterocycles. The highest BCUT2D eigenvalue weighted by Crippen LogP contribution is 2.03. The first-order valence-electron chi connectivity index (χ1n) is 6.29. The Morgan fingerprint density at radius 2 is 1.68 bits per heavy atom. The average molecular weight is 257 g/mol. The second-order valence-corrected chi connectivity index (χ2v) is 4.34. The Hall–Kier alpha value is -2.00. The summed E-state index contributed by atoms with van der Waals surface area (Å²) in [6.45, 7) is 1.02. The molecular weight excluding hydrogens is 241 g/mol. The molecule has 0 aromatic heterocycles. The van der Waals surface area contributed by atoms with Crippen molar-refractivity contribution in [2.75, 3.05) is 13.1 Å². The van der Waals surface area contributed by atoms with Gasteiger partial charge < -0.3 is 5.32 Å². The van der Waals surface area contributed by atoms with E-state index in [1.807, 2.05) is 30.3 Å². The van der Waals surface area contributed by atoms with Gasteiger partial charge in [0.25, 0.3) is 0 Å². The highest BCUT2D eigenvalue weighted by atomic mass is 19.1. The van der Waals surface area contributed by atoms with Gasteiger partial charge in [-0.3, -0.25) is 4.79 Å². The maximum Gasteiger partial charge on any atom is 0.176 e. The second-order valence-electron chi connectivity index (χ2n) is 4.34. The summed E-state index contributed by atoms with van der Waals surface area (Å²) in [7, 11) is 0. The van der Waals surface area contributed by atoms with E-state index >= 15 is 0 Å². The topological polar surface area (TPSA) is 29.1 Å². The molecule has 0 fully saturated rings. The molecule has 1 N–H and O–H groups in total. The van der Waals surface area contributed by atoms with Crippen molar-refractivity contribution in [3.8, 4) is 0 Å². The summed E-state index contributed by atoms with van der Waals surface area (Å²) in [5.74, 6) is -0.143. The first-order chi connectivity index (χ1) is 9.25. The van der Waals surface area contributed by atoms with E-state index in [1.165, 1.54) is 12.1 Å². The number of hydrogen-bond acceptors (Lipinski definition) is 2. The minimum atomic E-state index is -0.226. The molecule has 2 aromatic rings. The Labute approximate surface area is 112 Å². The SMILES string of the molecule is O=C(CNCCc1ccc(F)cc1)c1ccccc1. The van der Waals surface area contributed by atoms with Gasteiger partial charge in [0.1, 0.15) is 5.82 Å². The molecule has 0 heterocycles. The summed E-state index contributed by atoms with van der Waals surface area (Å²) in [6, 6.07) is 15.6. The summed E-state index contributed by atoms with van der Waals surface area (Å²) in [5, 5.41) is 3.10. The van der Waals surface area contributed by atoms with Crippen molar-refractivity contribution in [3.05, 3.63) is 71.5 Å². The van der Waals surface area contributed by atoms with Crippen LogP contribution in [0.4, 0.5) is 4.39 Å². The van der Waals surface area contributed by atoms with Crippen LogP contribution in [-0.2, 0) is 6.42 Å². The molecule has 0 spiro atoms. The molecule has 0 aliphatic heterocycles. The molecule has 0 aliphatic rings. The van der Waals surface area contributed by atoms with Gasteiger partial charge in [-0.15, -0.1) is 0 Å². The first-order valence-corrected chi connectivity index (χ1v) is 6.29. The Balaban J connectivity index is 1.72. The molecule has 2 aromatic carbocycles. The number of Topliss-reactive ketones (excluding diaryl/α,β-unsaturated/α-hetero) is 1. The van der Waals surface area contributed by atoms with E-state index in [1.54, 1.807) is 12.1 Å². The van der Waals surface area contributed by atoms with Crippen LogP contribution < -0.4 is 5.32 Å². The van der Waals surface area contributed by atoms with E-state index in [9.17, 15) is 9.18 Å². The van der Waals surface area contributed by atoms with Crippen molar-refractivity contribution in [1.82, 2.24) is 5.32 Å².